The molecule has 186 valence electrons. The van der Waals surface area contributed by atoms with E-state index in [9.17, 15) is 13.2 Å². The molecular weight excluding hydrogens is 508 g/mol. The fraction of sp³-hybridized carbons (Fsp3) is 0.348. The van der Waals surface area contributed by atoms with Crippen LogP contribution in [0.4, 0.5) is 16.5 Å². The summed E-state index contributed by atoms with van der Waals surface area (Å²) in [7, 11) is -3.71. The van der Waals surface area contributed by atoms with E-state index in [-0.39, 0.29) is 17.4 Å². The molecule has 0 unspecified atom stereocenters. The summed E-state index contributed by atoms with van der Waals surface area (Å²) in [5, 5.41) is 8.32. The molecule has 35 heavy (non-hydrogen) atoms. The van der Waals surface area contributed by atoms with E-state index in [0.29, 0.717) is 32.7 Å². The second kappa shape index (κ2) is 10.00. The van der Waals surface area contributed by atoms with Gasteiger partial charge in [-0.25, -0.2) is 8.42 Å². The smallest absolute Gasteiger partial charge is 0.263 e. The Labute approximate surface area is 214 Å². The minimum Gasteiger partial charge on any atom is -0.368 e. The van der Waals surface area contributed by atoms with E-state index in [1.165, 1.54) is 11.1 Å². The predicted octanol–water partition coefficient (Wildman–Crippen LogP) is 3.34. The highest BCUT2D eigenvalue weighted by atomic mass is 35.5. The molecule has 9 nitrogen and oxygen atoms in total. The van der Waals surface area contributed by atoms with Crippen LogP contribution in [0.15, 0.2) is 52.9 Å². The van der Waals surface area contributed by atoms with Gasteiger partial charge < -0.3 is 14.7 Å². The first kappa shape index (κ1) is 23.8. The standard InChI is InChI=1S/C23H25ClN6O3S2.H2/c24-18-3-8-21-17(14-18)2-1-9-30(21)15-22(31)29-12-10-28(11-13-29)19-4-6-20(7-5-19)35(32,33)27-23-26-25-16-34-23;/h3-8,14,16H,1-2,9-13,15H2,(H,26,27);1H. The summed E-state index contributed by atoms with van der Waals surface area (Å²) in [5.41, 5.74) is 4.69. The molecular formula is C23H27ClN6O3S2. The van der Waals surface area contributed by atoms with Crippen LogP contribution >= 0.6 is 22.9 Å². The highest BCUT2D eigenvalue weighted by Crippen LogP contribution is 2.29. The van der Waals surface area contributed by atoms with E-state index in [2.05, 4.69) is 24.7 Å². The van der Waals surface area contributed by atoms with Crippen LogP contribution in [0.2, 0.25) is 5.02 Å². The summed E-state index contributed by atoms with van der Waals surface area (Å²) < 4.78 is 27.5. The Balaban J connectivity index is 0.00000304. The monoisotopic (exact) mass is 534 g/mol. The van der Waals surface area contributed by atoms with E-state index in [0.717, 1.165) is 47.1 Å². The molecule has 3 aromatic rings. The number of amides is 1. The SMILES string of the molecule is O=C(CN1CCCc2cc(Cl)ccc21)N1CCN(c2ccc(S(=O)(=O)Nc3nncs3)cc2)CC1.[HH]. The first-order chi connectivity index (χ1) is 16.9. The van der Waals surface area contributed by atoms with Gasteiger partial charge in [0.25, 0.3) is 10.0 Å². The van der Waals surface area contributed by atoms with Crippen molar-refractivity contribution in [2.24, 2.45) is 0 Å². The quantitative estimate of drug-likeness (QED) is 0.518. The van der Waals surface area contributed by atoms with Gasteiger partial charge in [0.2, 0.25) is 11.0 Å². The minimum absolute atomic E-state index is 0. The van der Waals surface area contributed by atoms with Gasteiger partial charge in [-0.3, -0.25) is 9.52 Å². The van der Waals surface area contributed by atoms with Crippen LogP contribution in [0.1, 0.15) is 13.4 Å². The van der Waals surface area contributed by atoms with E-state index < -0.39 is 10.0 Å². The van der Waals surface area contributed by atoms with Crippen LogP contribution in [-0.2, 0) is 21.2 Å². The molecule has 2 aromatic carbocycles. The lowest BCUT2D eigenvalue weighted by molar-refractivity contribution is -0.130. The Hall–Kier alpha value is -2.89. The zero-order valence-electron chi connectivity index (χ0n) is 18.9. The average molecular weight is 535 g/mol. The fourth-order valence-corrected chi connectivity index (χ4v) is 6.40. The molecule has 12 heteroatoms. The summed E-state index contributed by atoms with van der Waals surface area (Å²) >= 11 is 7.26. The van der Waals surface area contributed by atoms with E-state index in [1.807, 2.05) is 23.1 Å². The Bertz CT molecular complexity index is 1300. The van der Waals surface area contributed by atoms with Gasteiger partial charge in [-0.2, -0.15) is 0 Å². The Morgan fingerprint density at radius 1 is 1.09 bits per heavy atom. The molecule has 1 N–H and O–H groups in total. The molecule has 0 spiro atoms. The Morgan fingerprint density at radius 3 is 2.57 bits per heavy atom. The summed E-state index contributed by atoms with van der Waals surface area (Å²) in [4.78, 5) is 19.4. The van der Waals surface area contributed by atoms with Gasteiger partial charge in [-0.1, -0.05) is 22.9 Å². The number of aryl methyl sites for hydroxylation is 1. The van der Waals surface area contributed by atoms with Crippen LogP contribution in [0.3, 0.4) is 0 Å². The minimum atomic E-state index is -3.71. The number of carbonyl (C=O) groups excluding carboxylic acids is 1. The number of nitrogens with one attached hydrogen (secondary N) is 1. The molecule has 1 saturated heterocycles. The number of nitrogens with zero attached hydrogens (tertiary/aromatic N) is 5. The lowest BCUT2D eigenvalue weighted by atomic mass is 10.0. The largest absolute Gasteiger partial charge is 0.368 e. The maximum atomic E-state index is 13.0. The zero-order valence-corrected chi connectivity index (χ0v) is 21.3. The third-order valence-corrected chi connectivity index (χ3v) is 8.63. The molecule has 2 aliphatic heterocycles. The highest BCUT2D eigenvalue weighted by molar-refractivity contribution is 7.93. The number of halogens is 1. The first-order valence-electron chi connectivity index (χ1n) is 11.3. The van der Waals surface area contributed by atoms with Gasteiger partial charge in [0.15, 0.2) is 0 Å². The molecule has 5 rings (SSSR count). The fourth-order valence-electron chi connectivity index (χ4n) is 4.51. The van der Waals surface area contributed by atoms with Gasteiger partial charge in [-0.05, 0) is 60.9 Å². The van der Waals surface area contributed by atoms with Crippen LogP contribution < -0.4 is 14.5 Å². The van der Waals surface area contributed by atoms with E-state index in [4.69, 9.17) is 11.6 Å². The molecule has 1 amide bonds. The van der Waals surface area contributed by atoms with Crippen molar-refractivity contribution in [3.05, 3.63) is 58.6 Å². The molecule has 1 aromatic heterocycles. The molecule has 0 saturated carbocycles. The number of piperazine rings is 1. The maximum absolute atomic E-state index is 13.0. The number of anilines is 3. The van der Waals surface area contributed by atoms with Gasteiger partial charge >= 0.3 is 0 Å². The molecule has 0 bridgehead atoms. The number of sulfonamides is 1. The van der Waals surface area contributed by atoms with Crippen LogP contribution in [-0.4, -0.2) is 68.7 Å². The number of benzene rings is 2. The number of carbonyl (C=O) groups is 1. The highest BCUT2D eigenvalue weighted by Gasteiger charge is 2.25. The van der Waals surface area contributed by atoms with Gasteiger partial charge in [0.1, 0.15) is 5.51 Å². The number of hydrogen-bond acceptors (Lipinski definition) is 8. The van der Waals surface area contributed by atoms with Crippen molar-refractivity contribution in [2.75, 3.05) is 53.8 Å². The summed E-state index contributed by atoms with van der Waals surface area (Å²) in [6.07, 6.45) is 1.99. The van der Waals surface area contributed by atoms with Crippen molar-refractivity contribution in [2.45, 2.75) is 17.7 Å². The van der Waals surface area contributed by atoms with E-state index >= 15 is 0 Å². The van der Waals surface area contributed by atoms with Gasteiger partial charge in [-0.15, -0.1) is 10.2 Å². The van der Waals surface area contributed by atoms with Crippen LogP contribution in [0.25, 0.3) is 0 Å². The van der Waals surface area contributed by atoms with Crippen molar-refractivity contribution in [3.63, 3.8) is 0 Å². The van der Waals surface area contributed by atoms with E-state index in [1.54, 1.807) is 24.3 Å². The predicted molar refractivity (Wildman–Crippen MR) is 140 cm³/mol. The molecule has 0 atom stereocenters. The van der Waals surface area contributed by atoms with Crippen LogP contribution in [0, 0.1) is 0 Å². The third kappa shape index (κ3) is 5.36. The van der Waals surface area contributed by atoms with Crippen molar-refractivity contribution >= 4 is 55.4 Å². The summed E-state index contributed by atoms with van der Waals surface area (Å²) in [5.74, 6) is 0.122. The second-order valence-corrected chi connectivity index (χ2v) is 11.5. The molecule has 0 aliphatic carbocycles. The third-order valence-electron chi connectivity index (χ3n) is 6.31. The number of fused-ring (bicyclic) bond motifs is 1. The van der Waals surface area contributed by atoms with Gasteiger partial charge in [0, 0.05) is 50.5 Å². The van der Waals surface area contributed by atoms with Crippen molar-refractivity contribution < 1.29 is 14.6 Å². The van der Waals surface area contributed by atoms with Crippen molar-refractivity contribution in [1.82, 2.24) is 15.1 Å². The first-order valence-corrected chi connectivity index (χ1v) is 14.1. The number of rotatable bonds is 6. The number of hydrogen-bond donors (Lipinski definition) is 1. The molecule has 1 fully saturated rings. The molecule has 0 radical (unpaired) electrons. The zero-order chi connectivity index (χ0) is 24.4. The maximum Gasteiger partial charge on any atom is 0.263 e. The van der Waals surface area contributed by atoms with Crippen molar-refractivity contribution in [3.8, 4) is 0 Å². The normalized spacial score (nSPS) is 16.2. The van der Waals surface area contributed by atoms with Crippen LogP contribution in [0.5, 0.6) is 0 Å². The average Bonchev–Trinajstić information content (AvgIpc) is 3.36. The Kier molecular flexibility index (Phi) is 6.81. The lowest BCUT2D eigenvalue weighted by Gasteiger charge is -2.38. The molecule has 3 heterocycles. The van der Waals surface area contributed by atoms with Crippen molar-refractivity contribution in [1.29, 1.82) is 0 Å². The summed E-state index contributed by atoms with van der Waals surface area (Å²) in [6, 6.07) is 12.6. The number of aromatic nitrogens is 2. The topological polar surface area (TPSA) is 98.7 Å². The Morgan fingerprint density at radius 2 is 1.86 bits per heavy atom. The summed E-state index contributed by atoms with van der Waals surface area (Å²) in [6.45, 7) is 3.85. The lowest BCUT2D eigenvalue weighted by Crippen LogP contribution is -2.51. The second-order valence-electron chi connectivity index (χ2n) is 8.51. The molecule has 2 aliphatic rings. The van der Waals surface area contributed by atoms with Gasteiger partial charge in [0.05, 0.1) is 11.4 Å².